The van der Waals surface area contributed by atoms with Crippen molar-refractivity contribution in [1.29, 1.82) is 0 Å². The molecule has 1 saturated heterocycles. The fraction of sp³-hybridized carbons (Fsp3) is 1.00. The summed E-state index contributed by atoms with van der Waals surface area (Å²) in [5.41, 5.74) is 6.09. The summed E-state index contributed by atoms with van der Waals surface area (Å²) in [6.07, 6.45) is 6.63. The van der Waals surface area contributed by atoms with E-state index in [1.807, 2.05) is 0 Å². The third-order valence-corrected chi connectivity index (χ3v) is 4.60. The van der Waals surface area contributed by atoms with E-state index < -0.39 is 0 Å². The molecule has 1 heterocycles. The largest absolute Gasteiger partial charge is 0.330 e. The van der Waals surface area contributed by atoms with Gasteiger partial charge < -0.3 is 15.5 Å². The topological polar surface area (TPSA) is 32.5 Å². The molecule has 0 atom stereocenters. The molecule has 0 aromatic heterocycles. The molecule has 0 unspecified atom stereocenters. The molecule has 19 heavy (non-hydrogen) atoms. The second kappa shape index (κ2) is 8.23. The summed E-state index contributed by atoms with van der Waals surface area (Å²) in [6, 6.07) is 0. The van der Waals surface area contributed by atoms with Crippen LogP contribution in [0.25, 0.3) is 0 Å². The molecular weight excluding hydrogens is 234 g/mol. The van der Waals surface area contributed by atoms with Crippen molar-refractivity contribution in [2.45, 2.75) is 46.0 Å². The Balaban J connectivity index is 2.06. The lowest BCUT2D eigenvalue weighted by Gasteiger charge is -2.31. The maximum absolute atomic E-state index is 5.77. The molecule has 1 rings (SSSR count). The van der Waals surface area contributed by atoms with Crippen LogP contribution in [0, 0.1) is 11.3 Å². The van der Waals surface area contributed by atoms with Gasteiger partial charge in [-0.3, -0.25) is 0 Å². The van der Waals surface area contributed by atoms with Crippen LogP contribution >= 0.6 is 0 Å². The van der Waals surface area contributed by atoms with Crippen LogP contribution in [-0.2, 0) is 0 Å². The number of piperidine rings is 1. The van der Waals surface area contributed by atoms with Crippen molar-refractivity contribution < 1.29 is 0 Å². The third kappa shape index (κ3) is 7.28. The summed E-state index contributed by atoms with van der Waals surface area (Å²) in [7, 11) is 4.52. The maximum Gasteiger partial charge on any atom is 0.000756 e. The van der Waals surface area contributed by atoms with Gasteiger partial charge in [0, 0.05) is 6.54 Å². The molecule has 3 heteroatoms. The van der Waals surface area contributed by atoms with Crippen LogP contribution in [0.15, 0.2) is 0 Å². The molecule has 0 aliphatic carbocycles. The van der Waals surface area contributed by atoms with Gasteiger partial charge in [-0.2, -0.15) is 0 Å². The highest BCUT2D eigenvalue weighted by molar-refractivity contribution is 4.73. The van der Waals surface area contributed by atoms with Crippen molar-refractivity contribution in [2.24, 2.45) is 17.1 Å². The first-order valence-electron chi connectivity index (χ1n) is 8.00. The number of rotatable bonds is 8. The molecule has 1 fully saturated rings. The van der Waals surface area contributed by atoms with E-state index in [9.17, 15) is 0 Å². The fourth-order valence-corrected chi connectivity index (χ4v) is 2.86. The summed E-state index contributed by atoms with van der Waals surface area (Å²) < 4.78 is 0. The van der Waals surface area contributed by atoms with Crippen molar-refractivity contribution in [3.05, 3.63) is 0 Å². The van der Waals surface area contributed by atoms with Crippen LogP contribution in [0.5, 0.6) is 0 Å². The molecule has 2 N–H and O–H groups in total. The molecule has 1 aliphatic rings. The highest BCUT2D eigenvalue weighted by atomic mass is 15.1. The zero-order valence-electron chi connectivity index (χ0n) is 13.6. The van der Waals surface area contributed by atoms with E-state index in [-0.39, 0.29) is 0 Å². The van der Waals surface area contributed by atoms with Crippen molar-refractivity contribution >= 4 is 0 Å². The van der Waals surface area contributed by atoms with E-state index in [2.05, 4.69) is 37.7 Å². The highest BCUT2D eigenvalue weighted by Crippen LogP contribution is 2.21. The van der Waals surface area contributed by atoms with Crippen molar-refractivity contribution in [2.75, 3.05) is 46.8 Å². The van der Waals surface area contributed by atoms with Crippen molar-refractivity contribution in [1.82, 2.24) is 9.80 Å². The monoisotopic (exact) mass is 269 g/mol. The van der Waals surface area contributed by atoms with Gasteiger partial charge in [-0.05, 0) is 77.3 Å². The van der Waals surface area contributed by atoms with Crippen LogP contribution in [-0.4, -0.2) is 56.6 Å². The van der Waals surface area contributed by atoms with Crippen molar-refractivity contribution in [3.63, 3.8) is 0 Å². The second-order valence-electron chi connectivity index (χ2n) is 7.33. The van der Waals surface area contributed by atoms with E-state index in [0.29, 0.717) is 5.41 Å². The van der Waals surface area contributed by atoms with Gasteiger partial charge in [0.15, 0.2) is 0 Å². The maximum atomic E-state index is 5.77. The van der Waals surface area contributed by atoms with Gasteiger partial charge >= 0.3 is 0 Å². The number of nitrogens with two attached hydrogens (primary N) is 1. The van der Waals surface area contributed by atoms with Crippen LogP contribution in [0.1, 0.15) is 46.0 Å². The normalized spacial score (nSPS) is 19.3. The summed E-state index contributed by atoms with van der Waals surface area (Å²) in [4.78, 5) is 4.98. The lowest BCUT2D eigenvalue weighted by molar-refractivity contribution is 0.174. The van der Waals surface area contributed by atoms with Gasteiger partial charge in [-0.15, -0.1) is 0 Å². The van der Waals surface area contributed by atoms with Crippen LogP contribution < -0.4 is 5.73 Å². The average Bonchev–Trinajstić information content (AvgIpc) is 2.38. The smallest absolute Gasteiger partial charge is 0.000756 e. The molecule has 0 bridgehead atoms. The summed E-state index contributed by atoms with van der Waals surface area (Å²) in [5.74, 6) is 0.918. The van der Waals surface area contributed by atoms with Gasteiger partial charge in [0.25, 0.3) is 0 Å². The van der Waals surface area contributed by atoms with Crippen LogP contribution in [0.2, 0.25) is 0 Å². The molecule has 114 valence electrons. The quantitative estimate of drug-likeness (QED) is 0.687. The molecule has 1 aliphatic heterocycles. The lowest BCUT2D eigenvalue weighted by atomic mass is 9.87. The van der Waals surface area contributed by atoms with E-state index in [1.54, 1.807) is 0 Å². The summed E-state index contributed by atoms with van der Waals surface area (Å²) in [5, 5.41) is 0. The standard InChI is InChI=1S/C16H35N3/c1-16(2,14-17)9-5-6-10-19(4)13-15-7-11-18(3)12-8-15/h15H,5-14,17H2,1-4H3. The summed E-state index contributed by atoms with van der Waals surface area (Å²) in [6.45, 7) is 10.4. The Bertz CT molecular complexity index is 232. The first-order valence-corrected chi connectivity index (χ1v) is 8.00. The predicted molar refractivity (Wildman–Crippen MR) is 84.4 cm³/mol. The fourth-order valence-electron chi connectivity index (χ4n) is 2.86. The molecular formula is C16H35N3. The Morgan fingerprint density at radius 2 is 1.84 bits per heavy atom. The van der Waals surface area contributed by atoms with Crippen LogP contribution in [0.3, 0.4) is 0 Å². The SMILES string of the molecule is CN1CCC(CN(C)CCCCC(C)(C)CN)CC1. The highest BCUT2D eigenvalue weighted by Gasteiger charge is 2.18. The Morgan fingerprint density at radius 3 is 2.42 bits per heavy atom. The van der Waals surface area contributed by atoms with Gasteiger partial charge in [0.1, 0.15) is 0 Å². The Kier molecular flexibility index (Phi) is 7.33. The molecule has 0 amide bonds. The third-order valence-electron chi connectivity index (χ3n) is 4.60. The minimum Gasteiger partial charge on any atom is -0.330 e. The van der Waals surface area contributed by atoms with E-state index in [1.165, 1.54) is 58.3 Å². The number of likely N-dealkylation sites (tertiary alicyclic amines) is 1. The zero-order valence-corrected chi connectivity index (χ0v) is 13.6. The first-order chi connectivity index (χ1) is 8.93. The molecule has 0 spiro atoms. The minimum atomic E-state index is 0.326. The minimum absolute atomic E-state index is 0.326. The second-order valence-corrected chi connectivity index (χ2v) is 7.33. The molecule has 0 aromatic rings. The van der Waals surface area contributed by atoms with Gasteiger partial charge in [-0.25, -0.2) is 0 Å². The molecule has 0 aromatic carbocycles. The van der Waals surface area contributed by atoms with Gasteiger partial charge in [-0.1, -0.05) is 20.3 Å². The van der Waals surface area contributed by atoms with Gasteiger partial charge in [0.05, 0.1) is 0 Å². The Hall–Kier alpha value is -0.120. The number of hydrogen-bond acceptors (Lipinski definition) is 3. The molecule has 3 nitrogen and oxygen atoms in total. The Morgan fingerprint density at radius 1 is 1.21 bits per heavy atom. The van der Waals surface area contributed by atoms with E-state index in [0.717, 1.165) is 12.5 Å². The zero-order chi connectivity index (χ0) is 14.3. The number of nitrogens with zero attached hydrogens (tertiary/aromatic N) is 2. The van der Waals surface area contributed by atoms with E-state index >= 15 is 0 Å². The first kappa shape index (κ1) is 16.9. The molecule has 0 saturated carbocycles. The predicted octanol–water partition coefficient (Wildman–Crippen LogP) is 2.42. The van der Waals surface area contributed by atoms with Crippen molar-refractivity contribution in [3.8, 4) is 0 Å². The van der Waals surface area contributed by atoms with E-state index in [4.69, 9.17) is 5.73 Å². The van der Waals surface area contributed by atoms with Gasteiger partial charge in [0.2, 0.25) is 0 Å². The Labute approximate surface area is 120 Å². The number of unbranched alkanes of at least 4 members (excludes halogenated alkanes) is 1. The molecule has 0 radical (unpaired) electrons. The van der Waals surface area contributed by atoms with Crippen LogP contribution in [0.4, 0.5) is 0 Å². The number of hydrogen-bond donors (Lipinski definition) is 1. The lowest BCUT2D eigenvalue weighted by Crippen LogP contribution is -2.36. The average molecular weight is 269 g/mol. The summed E-state index contributed by atoms with van der Waals surface area (Å²) >= 11 is 0.